The molecule has 0 aromatic rings. The Labute approximate surface area is 187 Å². The quantitative estimate of drug-likeness (QED) is 0.171. The molecule has 8 nitrogen and oxygen atoms in total. The van der Waals surface area contributed by atoms with E-state index in [4.69, 9.17) is 29.2 Å². The summed E-state index contributed by atoms with van der Waals surface area (Å²) >= 11 is 0. The van der Waals surface area contributed by atoms with E-state index in [-0.39, 0.29) is 30.0 Å². The van der Waals surface area contributed by atoms with Crippen LogP contribution in [-0.4, -0.2) is 66.6 Å². The molecule has 2 N–H and O–H groups in total. The van der Waals surface area contributed by atoms with Crippen molar-refractivity contribution < 1.29 is 38.7 Å². The van der Waals surface area contributed by atoms with Crippen LogP contribution in [0.1, 0.15) is 67.2 Å². The van der Waals surface area contributed by atoms with Crippen molar-refractivity contribution in [2.45, 2.75) is 91.8 Å². The SMILES string of the molecule is C=C(C)C(=O)OC(CCCCC)OC(=O)C(=C)C.CC(O)COC(C)COC(C)CO. The average molecular weight is 447 g/mol. The number of carbonyl (C=O) groups is 2. The van der Waals surface area contributed by atoms with Crippen LogP contribution >= 0.6 is 0 Å². The van der Waals surface area contributed by atoms with Gasteiger partial charge >= 0.3 is 11.9 Å². The molecule has 182 valence electrons. The predicted octanol–water partition coefficient (Wildman–Crippen LogP) is 3.30. The molecule has 0 aliphatic rings. The van der Waals surface area contributed by atoms with E-state index in [1.165, 1.54) is 0 Å². The zero-order valence-corrected chi connectivity index (χ0v) is 20.0. The third kappa shape index (κ3) is 19.9. The summed E-state index contributed by atoms with van der Waals surface area (Å²) in [5.41, 5.74) is 0.559. The Morgan fingerprint density at radius 2 is 1.35 bits per heavy atom. The summed E-state index contributed by atoms with van der Waals surface area (Å²) in [7, 11) is 0. The number of hydrogen-bond donors (Lipinski definition) is 2. The van der Waals surface area contributed by atoms with Crippen molar-refractivity contribution in [3.63, 3.8) is 0 Å². The molecule has 0 aromatic heterocycles. The van der Waals surface area contributed by atoms with E-state index in [0.717, 1.165) is 19.3 Å². The molecule has 0 spiro atoms. The van der Waals surface area contributed by atoms with Crippen molar-refractivity contribution in [3.05, 3.63) is 24.3 Å². The summed E-state index contributed by atoms with van der Waals surface area (Å²) in [6.45, 7) is 18.2. The van der Waals surface area contributed by atoms with Gasteiger partial charge in [0.25, 0.3) is 0 Å². The second-order valence-corrected chi connectivity index (χ2v) is 7.62. The summed E-state index contributed by atoms with van der Waals surface area (Å²) in [5, 5.41) is 17.6. The topological polar surface area (TPSA) is 112 Å². The van der Waals surface area contributed by atoms with E-state index in [1.807, 2.05) is 6.92 Å². The minimum absolute atomic E-state index is 0.0170. The highest BCUT2D eigenvalue weighted by Crippen LogP contribution is 2.12. The number of aliphatic hydroxyl groups is 2. The third-order valence-electron chi connectivity index (χ3n) is 3.71. The van der Waals surface area contributed by atoms with Gasteiger partial charge in [-0.2, -0.15) is 0 Å². The van der Waals surface area contributed by atoms with Crippen molar-refractivity contribution in [1.82, 2.24) is 0 Å². The summed E-state index contributed by atoms with van der Waals surface area (Å²) in [6, 6.07) is 0. The molecular formula is C23H42O8. The zero-order valence-electron chi connectivity index (χ0n) is 20.0. The maximum atomic E-state index is 11.4. The maximum Gasteiger partial charge on any atom is 0.336 e. The molecule has 0 bridgehead atoms. The van der Waals surface area contributed by atoms with Gasteiger partial charge in [-0.15, -0.1) is 0 Å². The van der Waals surface area contributed by atoms with Gasteiger partial charge in [-0.1, -0.05) is 32.9 Å². The van der Waals surface area contributed by atoms with Crippen LogP contribution < -0.4 is 0 Å². The largest absolute Gasteiger partial charge is 0.422 e. The molecule has 0 rings (SSSR count). The van der Waals surface area contributed by atoms with Gasteiger partial charge < -0.3 is 29.2 Å². The molecule has 8 heteroatoms. The summed E-state index contributed by atoms with van der Waals surface area (Å²) in [4.78, 5) is 22.8. The number of carbonyl (C=O) groups excluding carboxylic acids is 2. The lowest BCUT2D eigenvalue weighted by Gasteiger charge is -2.18. The molecule has 0 aromatic carbocycles. The van der Waals surface area contributed by atoms with Crippen LogP contribution in [0.4, 0.5) is 0 Å². The van der Waals surface area contributed by atoms with Crippen LogP contribution in [0.15, 0.2) is 24.3 Å². The van der Waals surface area contributed by atoms with Crippen LogP contribution in [-0.2, 0) is 28.5 Å². The van der Waals surface area contributed by atoms with Crippen molar-refractivity contribution >= 4 is 11.9 Å². The molecule has 0 aliphatic carbocycles. The highest BCUT2D eigenvalue weighted by atomic mass is 16.7. The van der Waals surface area contributed by atoms with Gasteiger partial charge in [0.05, 0.1) is 38.1 Å². The fourth-order valence-electron chi connectivity index (χ4n) is 1.85. The van der Waals surface area contributed by atoms with Crippen molar-refractivity contribution in [3.8, 4) is 0 Å². The molecule has 3 unspecified atom stereocenters. The van der Waals surface area contributed by atoms with Gasteiger partial charge in [0.2, 0.25) is 6.29 Å². The van der Waals surface area contributed by atoms with Crippen LogP contribution in [0.2, 0.25) is 0 Å². The van der Waals surface area contributed by atoms with Gasteiger partial charge in [-0.3, -0.25) is 0 Å². The van der Waals surface area contributed by atoms with E-state index >= 15 is 0 Å². The highest BCUT2D eigenvalue weighted by molar-refractivity contribution is 5.88. The molecular weight excluding hydrogens is 404 g/mol. The van der Waals surface area contributed by atoms with E-state index in [1.54, 1.807) is 27.7 Å². The summed E-state index contributed by atoms with van der Waals surface area (Å²) in [5.74, 6) is -1.10. The third-order valence-corrected chi connectivity index (χ3v) is 3.71. The Hall–Kier alpha value is -1.74. The molecule has 0 radical (unpaired) electrons. The smallest absolute Gasteiger partial charge is 0.336 e. The average Bonchev–Trinajstić information content (AvgIpc) is 2.70. The molecule has 0 fully saturated rings. The Morgan fingerprint density at radius 3 is 1.74 bits per heavy atom. The van der Waals surface area contributed by atoms with Crippen LogP contribution in [0.25, 0.3) is 0 Å². The molecule has 0 aliphatic heterocycles. The van der Waals surface area contributed by atoms with Gasteiger partial charge in [0.1, 0.15) is 0 Å². The Morgan fingerprint density at radius 1 is 0.871 bits per heavy atom. The molecule has 0 heterocycles. The number of esters is 2. The Balaban J connectivity index is 0. The lowest BCUT2D eigenvalue weighted by molar-refractivity contribution is -0.183. The minimum Gasteiger partial charge on any atom is -0.422 e. The van der Waals surface area contributed by atoms with Crippen LogP contribution in [0, 0.1) is 0 Å². The van der Waals surface area contributed by atoms with Gasteiger partial charge in [-0.25, -0.2) is 9.59 Å². The first kappa shape index (κ1) is 31.4. The number of unbranched alkanes of at least 4 members (excludes halogenated alkanes) is 2. The van der Waals surface area contributed by atoms with E-state index in [2.05, 4.69) is 20.1 Å². The highest BCUT2D eigenvalue weighted by Gasteiger charge is 2.19. The van der Waals surface area contributed by atoms with Gasteiger partial charge in [-0.05, 0) is 41.0 Å². The van der Waals surface area contributed by atoms with Crippen LogP contribution in [0.5, 0.6) is 0 Å². The number of ether oxygens (including phenoxy) is 4. The minimum atomic E-state index is -0.857. The maximum absolute atomic E-state index is 11.4. The lowest BCUT2D eigenvalue weighted by Crippen LogP contribution is -2.25. The van der Waals surface area contributed by atoms with E-state index in [9.17, 15) is 9.59 Å². The standard InChI is InChI=1S/C14H22O4.C9H20O4/c1-6-7-8-9-12(17-13(15)10(2)3)18-14(16)11(4)5;1-7(11)5-12-9(3)6-13-8(2)4-10/h12H,2,4,6-9H2,1,3,5H3;7-11H,4-6H2,1-3H3. The summed E-state index contributed by atoms with van der Waals surface area (Å²) < 4.78 is 20.6. The molecule has 31 heavy (non-hydrogen) atoms. The van der Waals surface area contributed by atoms with Gasteiger partial charge in [0.15, 0.2) is 0 Å². The van der Waals surface area contributed by atoms with E-state index < -0.39 is 24.3 Å². The van der Waals surface area contributed by atoms with Gasteiger partial charge in [0, 0.05) is 17.6 Å². The first-order valence-electron chi connectivity index (χ1n) is 10.7. The van der Waals surface area contributed by atoms with Crippen molar-refractivity contribution in [1.29, 1.82) is 0 Å². The fourth-order valence-corrected chi connectivity index (χ4v) is 1.85. The second-order valence-electron chi connectivity index (χ2n) is 7.62. The van der Waals surface area contributed by atoms with Crippen molar-refractivity contribution in [2.24, 2.45) is 0 Å². The fraction of sp³-hybridized carbons (Fsp3) is 0.739. The van der Waals surface area contributed by atoms with E-state index in [0.29, 0.717) is 19.6 Å². The van der Waals surface area contributed by atoms with Crippen LogP contribution in [0.3, 0.4) is 0 Å². The predicted molar refractivity (Wildman–Crippen MR) is 119 cm³/mol. The first-order chi connectivity index (χ1) is 14.4. The summed E-state index contributed by atoms with van der Waals surface area (Å²) in [6.07, 6.45) is 1.84. The Kier molecular flexibility index (Phi) is 19.3. The molecule has 0 saturated heterocycles. The normalized spacial score (nSPS) is 13.5. The molecule has 0 amide bonds. The Bertz CT molecular complexity index is 502. The lowest BCUT2D eigenvalue weighted by atomic mass is 10.2. The monoisotopic (exact) mass is 446 g/mol. The van der Waals surface area contributed by atoms with Crippen molar-refractivity contribution in [2.75, 3.05) is 19.8 Å². The molecule has 0 saturated carbocycles. The number of aliphatic hydroxyl groups excluding tert-OH is 2. The zero-order chi connectivity index (χ0) is 24.4. The molecule has 3 atom stereocenters. The first-order valence-corrected chi connectivity index (χ1v) is 10.7. The number of rotatable bonds is 15. The second kappa shape index (κ2) is 19.0. The number of hydrogen-bond acceptors (Lipinski definition) is 8.